The largest absolute Gasteiger partial charge is 0.271 e. The lowest BCUT2D eigenvalue weighted by Gasteiger charge is -2.16. The molecule has 3 rings (SSSR count). The van der Waals surface area contributed by atoms with Gasteiger partial charge in [0.05, 0.1) is 0 Å². The lowest BCUT2D eigenvalue weighted by atomic mass is 9.98. The van der Waals surface area contributed by atoms with E-state index in [2.05, 4.69) is 54.0 Å². The Morgan fingerprint density at radius 1 is 0.947 bits per heavy atom. The van der Waals surface area contributed by atoms with Gasteiger partial charge in [0.25, 0.3) is 0 Å². The molecule has 1 fully saturated rings. The predicted molar refractivity (Wildman–Crippen MR) is 79.3 cm³/mol. The van der Waals surface area contributed by atoms with Crippen LogP contribution in [0, 0.1) is 5.92 Å². The van der Waals surface area contributed by atoms with Gasteiger partial charge in [-0.3, -0.25) is 11.3 Å². The maximum atomic E-state index is 5.68. The van der Waals surface area contributed by atoms with E-state index in [-0.39, 0.29) is 6.04 Å². The second-order valence-electron chi connectivity index (χ2n) is 5.39. The van der Waals surface area contributed by atoms with Gasteiger partial charge in [0, 0.05) is 6.04 Å². The molecule has 0 spiro atoms. The number of hydrazine groups is 1. The monoisotopic (exact) mass is 252 g/mol. The zero-order valence-corrected chi connectivity index (χ0v) is 11.0. The molecule has 1 aliphatic rings. The van der Waals surface area contributed by atoms with E-state index >= 15 is 0 Å². The average Bonchev–Trinajstić information content (AvgIpc) is 3.30. The van der Waals surface area contributed by atoms with E-state index in [4.69, 9.17) is 5.84 Å². The number of rotatable bonds is 5. The van der Waals surface area contributed by atoms with Crippen LogP contribution < -0.4 is 11.3 Å². The third kappa shape index (κ3) is 3.03. The van der Waals surface area contributed by atoms with Crippen molar-refractivity contribution in [3.05, 3.63) is 60.2 Å². The number of benzene rings is 2. The van der Waals surface area contributed by atoms with Crippen LogP contribution in [0.1, 0.15) is 30.9 Å². The molecular formula is C17H20N2. The molecule has 0 amide bonds. The molecule has 1 aliphatic carbocycles. The lowest BCUT2D eigenvalue weighted by Crippen LogP contribution is -2.28. The highest BCUT2D eigenvalue weighted by molar-refractivity contribution is 5.63. The molecule has 2 aromatic rings. The van der Waals surface area contributed by atoms with E-state index in [0.717, 1.165) is 12.3 Å². The highest BCUT2D eigenvalue weighted by Gasteiger charge is 2.25. The Labute approximate surface area is 114 Å². The summed E-state index contributed by atoms with van der Waals surface area (Å²) in [6, 6.07) is 19.5. The summed E-state index contributed by atoms with van der Waals surface area (Å²) in [5.41, 5.74) is 6.75. The van der Waals surface area contributed by atoms with Crippen LogP contribution in [0.25, 0.3) is 11.1 Å². The van der Waals surface area contributed by atoms with Crippen LogP contribution in [0.2, 0.25) is 0 Å². The fraction of sp³-hybridized carbons (Fsp3) is 0.294. The van der Waals surface area contributed by atoms with Gasteiger partial charge in [-0.1, -0.05) is 67.4 Å². The molecule has 1 atom stereocenters. The van der Waals surface area contributed by atoms with Crippen molar-refractivity contribution in [1.82, 2.24) is 5.43 Å². The SMILES string of the molecule is NNC(CC1CC1)c1ccc(-c2ccccc2)cc1. The Morgan fingerprint density at radius 2 is 1.58 bits per heavy atom. The van der Waals surface area contributed by atoms with Crippen molar-refractivity contribution in [3.8, 4) is 11.1 Å². The molecule has 2 nitrogen and oxygen atoms in total. The number of nitrogens with one attached hydrogen (secondary N) is 1. The van der Waals surface area contributed by atoms with Crippen LogP contribution in [0.15, 0.2) is 54.6 Å². The zero-order chi connectivity index (χ0) is 13.1. The fourth-order valence-corrected chi connectivity index (χ4v) is 2.53. The van der Waals surface area contributed by atoms with Gasteiger partial charge >= 0.3 is 0 Å². The summed E-state index contributed by atoms with van der Waals surface area (Å²) in [5, 5.41) is 0. The minimum atomic E-state index is 0.289. The molecule has 1 saturated carbocycles. The summed E-state index contributed by atoms with van der Waals surface area (Å²) >= 11 is 0. The van der Waals surface area contributed by atoms with Gasteiger partial charge in [-0.15, -0.1) is 0 Å². The van der Waals surface area contributed by atoms with Gasteiger partial charge < -0.3 is 0 Å². The second-order valence-corrected chi connectivity index (χ2v) is 5.39. The Kier molecular flexibility index (Phi) is 3.62. The molecule has 0 aromatic heterocycles. The summed E-state index contributed by atoms with van der Waals surface area (Å²) in [5.74, 6) is 6.55. The van der Waals surface area contributed by atoms with Gasteiger partial charge in [0.1, 0.15) is 0 Å². The molecule has 98 valence electrons. The van der Waals surface area contributed by atoms with Crippen LogP contribution in [0.3, 0.4) is 0 Å². The second kappa shape index (κ2) is 5.55. The van der Waals surface area contributed by atoms with Crippen molar-refractivity contribution >= 4 is 0 Å². The third-order valence-electron chi connectivity index (χ3n) is 3.89. The van der Waals surface area contributed by atoms with Crippen LogP contribution in [0.4, 0.5) is 0 Å². The van der Waals surface area contributed by atoms with Gasteiger partial charge in [-0.25, -0.2) is 0 Å². The van der Waals surface area contributed by atoms with Gasteiger partial charge in [-0.05, 0) is 29.0 Å². The predicted octanol–water partition coefficient (Wildman–Crippen LogP) is 3.66. The molecule has 19 heavy (non-hydrogen) atoms. The Bertz CT molecular complexity index is 515. The molecule has 0 radical (unpaired) electrons. The number of nitrogens with two attached hydrogens (primary N) is 1. The Hall–Kier alpha value is -1.64. The van der Waals surface area contributed by atoms with Crippen LogP contribution in [-0.4, -0.2) is 0 Å². The van der Waals surface area contributed by atoms with Crippen molar-refractivity contribution < 1.29 is 0 Å². The van der Waals surface area contributed by atoms with E-state index in [9.17, 15) is 0 Å². The minimum absolute atomic E-state index is 0.289. The van der Waals surface area contributed by atoms with E-state index < -0.39 is 0 Å². The molecule has 2 heteroatoms. The molecule has 0 bridgehead atoms. The third-order valence-corrected chi connectivity index (χ3v) is 3.89. The quantitative estimate of drug-likeness (QED) is 0.629. The van der Waals surface area contributed by atoms with Crippen molar-refractivity contribution in [2.24, 2.45) is 11.8 Å². The normalized spacial score (nSPS) is 16.3. The van der Waals surface area contributed by atoms with Crippen molar-refractivity contribution in [3.63, 3.8) is 0 Å². The maximum Gasteiger partial charge on any atom is 0.0462 e. The van der Waals surface area contributed by atoms with Crippen LogP contribution >= 0.6 is 0 Å². The summed E-state index contributed by atoms with van der Waals surface area (Å²) in [4.78, 5) is 0. The lowest BCUT2D eigenvalue weighted by molar-refractivity contribution is 0.487. The first-order valence-electron chi connectivity index (χ1n) is 6.98. The topological polar surface area (TPSA) is 38.0 Å². The summed E-state index contributed by atoms with van der Waals surface area (Å²) < 4.78 is 0. The first kappa shape index (κ1) is 12.4. The summed E-state index contributed by atoms with van der Waals surface area (Å²) in [6.07, 6.45) is 3.88. The molecule has 1 unspecified atom stereocenters. The average molecular weight is 252 g/mol. The highest BCUT2D eigenvalue weighted by atomic mass is 15.2. The first-order chi connectivity index (χ1) is 9.36. The van der Waals surface area contributed by atoms with Gasteiger partial charge in [-0.2, -0.15) is 0 Å². The van der Waals surface area contributed by atoms with E-state index in [1.165, 1.54) is 29.5 Å². The minimum Gasteiger partial charge on any atom is -0.271 e. The van der Waals surface area contributed by atoms with E-state index in [1.807, 2.05) is 6.07 Å². The summed E-state index contributed by atoms with van der Waals surface area (Å²) in [7, 11) is 0. The Morgan fingerprint density at radius 3 is 2.16 bits per heavy atom. The molecular weight excluding hydrogens is 232 g/mol. The summed E-state index contributed by atoms with van der Waals surface area (Å²) in [6.45, 7) is 0. The molecule has 0 saturated heterocycles. The van der Waals surface area contributed by atoms with Crippen LogP contribution in [0.5, 0.6) is 0 Å². The molecule has 3 N–H and O–H groups in total. The molecule has 0 heterocycles. The first-order valence-corrected chi connectivity index (χ1v) is 6.98. The standard InChI is InChI=1S/C17H20N2/c18-19-17(12-13-6-7-13)16-10-8-15(9-11-16)14-4-2-1-3-5-14/h1-5,8-11,13,17,19H,6-7,12,18H2. The fourth-order valence-electron chi connectivity index (χ4n) is 2.53. The van der Waals surface area contributed by atoms with Crippen molar-refractivity contribution in [1.29, 1.82) is 0 Å². The maximum absolute atomic E-state index is 5.68. The highest BCUT2D eigenvalue weighted by Crippen LogP contribution is 2.37. The van der Waals surface area contributed by atoms with Gasteiger partial charge in [0.15, 0.2) is 0 Å². The number of hydrogen-bond donors (Lipinski definition) is 2. The van der Waals surface area contributed by atoms with E-state index in [0.29, 0.717) is 0 Å². The Balaban J connectivity index is 1.77. The van der Waals surface area contributed by atoms with Gasteiger partial charge in [0.2, 0.25) is 0 Å². The van der Waals surface area contributed by atoms with E-state index in [1.54, 1.807) is 0 Å². The molecule has 2 aromatic carbocycles. The number of hydrogen-bond acceptors (Lipinski definition) is 2. The van der Waals surface area contributed by atoms with Crippen LogP contribution in [-0.2, 0) is 0 Å². The molecule has 0 aliphatic heterocycles. The smallest absolute Gasteiger partial charge is 0.0462 e. The zero-order valence-electron chi connectivity index (χ0n) is 11.0. The van der Waals surface area contributed by atoms with Crippen molar-refractivity contribution in [2.45, 2.75) is 25.3 Å². The van der Waals surface area contributed by atoms with Crippen molar-refractivity contribution in [2.75, 3.05) is 0 Å².